The summed E-state index contributed by atoms with van der Waals surface area (Å²) < 4.78 is 0. The third kappa shape index (κ3) is 3.19. The van der Waals surface area contributed by atoms with Crippen LogP contribution >= 0.6 is 0 Å². The van der Waals surface area contributed by atoms with Gasteiger partial charge in [-0.05, 0) is 45.8 Å². The van der Waals surface area contributed by atoms with Crippen LogP contribution in [0, 0.1) is 0 Å². The van der Waals surface area contributed by atoms with Gasteiger partial charge in [0.1, 0.15) is 0 Å². The molecule has 1 atom stereocenters. The number of nitrogens with zero attached hydrogens (tertiary/aromatic N) is 2. The van der Waals surface area contributed by atoms with Crippen LogP contribution < -0.4 is 0 Å². The molecular weight excluding hydrogens is 204 g/mol. The van der Waals surface area contributed by atoms with Crippen LogP contribution in [0.3, 0.4) is 0 Å². The van der Waals surface area contributed by atoms with Gasteiger partial charge in [0, 0.05) is 25.0 Å². The first kappa shape index (κ1) is 11.9. The Bertz CT molecular complexity index is 253. The minimum atomic E-state index is -0.664. The molecule has 4 nitrogen and oxygen atoms in total. The maximum absolute atomic E-state index is 10.7. The highest BCUT2D eigenvalue weighted by atomic mass is 16.4. The number of aliphatic carboxylic acids is 1. The van der Waals surface area contributed by atoms with Crippen LogP contribution in [0.5, 0.6) is 0 Å². The topological polar surface area (TPSA) is 43.8 Å². The SMILES string of the molecule is CN1CCCN(C2CC2)C(CCC(=O)O)C1. The monoisotopic (exact) mass is 226 g/mol. The third-order valence-corrected chi connectivity index (χ3v) is 3.65. The molecule has 1 aliphatic heterocycles. The number of carbonyl (C=O) groups is 1. The van der Waals surface area contributed by atoms with Gasteiger partial charge in [-0.15, -0.1) is 0 Å². The van der Waals surface area contributed by atoms with E-state index >= 15 is 0 Å². The predicted molar refractivity (Wildman–Crippen MR) is 62.5 cm³/mol. The molecule has 0 bridgehead atoms. The third-order valence-electron chi connectivity index (χ3n) is 3.65. The number of carboxylic acid groups (broad SMARTS) is 1. The normalized spacial score (nSPS) is 28.9. The number of carboxylic acids is 1. The van der Waals surface area contributed by atoms with E-state index in [1.165, 1.54) is 19.3 Å². The molecule has 92 valence electrons. The quantitative estimate of drug-likeness (QED) is 0.777. The van der Waals surface area contributed by atoms with Gasteiger partial charge in [-0.1, -0.05) is 0 Å². The van der Waals surface area contributed by atoms with E-state index in [1.807, 2.05) is 0 Å². The van der Waals surface area contributed by atoms with Crippen molar-refractivity contribution in [2.24, 2.45) is 0 Å². The molecule has 1 aliphatic carbocycles. The van der Waals surface area contributed by atoms with Crippen molar-refractivity contribution in [3.8, 4) is 0 Å². The highest BCUT2D eigenvalue weighted by Gasteiger charge is 2.35. The van der Waals surface area contributed by atoms with Gasteiger partial charge in [0.2, 0.25) is 0 Å². The Morgan fingerprint density at radius 1 is 1.38 bits per heavy atom. The Kier molecular flexibility index (Phi) is 3.82. The smallest absolute Gasteiger partial charge is 0.303 e. The number of hydrogen-bond donors (Lipinski definition) is 1. The molecule has 1 heterocycles. The average Bonchev–Trinajstić information content (AvgIpc) is 3.01. The van der Waals surface area contributed by atoms with Crippen LogP contribution in [0.4, 0.5) is 0 Å². The van der Waals surface area contributed by atoms with Crippen molar-refractivity contribution in [1.29, 1.82) is 0 Å². The Labute approximate surface area is 97.2 Å². The lowest BCUT2D eigenvalue weighted by Gasteiger charge is -2.30. The zero-order chi connectivity index (χ0) is 11.5. The largest absolute Gasteiger partial charge is 0.481 e. The summed E-state index contributed by atoms with van der Waals surface area (Å²) in [6.07, 6.45) is 4.95. The summed E-state index contributed by atoms with van der Waals surface area (Å²) in [5, 5.41) is 8.79. The second-order valence-electron chi connectivity index (χ2n) is 5.17. The molecule has 1 N–H and O–H groups in total. The average molecular weight is 226 g/mol. The van der Waals surface area contributed by atoms with E-state index in [9.17, 15) is 4.79 Å². The van der Waals surface area contributed by atoms with Gasteiger partial charge >= 0.3 is 5.97 Å². The van der Waals surface area contributed by atoms with E-state index in [0.717, 1.165) is 32.1 Å². The first-order chi connectivity index (χ1) is 7.66. The summed E-state index contributed by atoms with van der Waals surface area (Å²) in [5.41, 5.74) is 0. The Balaban J connectivity index is 1.93. The van der Waals surface area contributed by atoms with Crippen molar-refractivity contribution in [3.63, 3.8) is 0 Å². The molecule has 4 heteroatoms. The van der Waals surface area contributed by atoms with Gasteiger partial charge in [0.25, 0.3) is 0 Å². The van der Waals surface area contributed by atoms with E-state index in [1.54, 1.807) is 0 Å². The summed E-state index contributed by atoms with van der Waals surface area (Å²) in [6.45, 7) is 3.33. The van der Waals surface area contributed by atoms with E-state index in [-0.39, 0.29) is 0 Å². The second-order valence-corrected chi connectivity index (χ2v) is 5.17. The molecule has 1 unspecified atom stereocenters. The van der Waals surface area contributed by atoms with Crippen LogP contribution in [-0.2, 0) is 4.79 Å². The van der Waals surface area contributed by atoms with Crippen LogP contribution in [0.1, 0.15) is 32.1 Å². The molecule has 0 aromatic carbocycles. The van der Waals surface area contributed by atoms with Gasteiger partial charge in [0.05, 0.1) is 0 Å². The summed E-state index contributed by atoms with van der Waals surface area (Å²) >= 11 is 0. The standard InChI is InChI=1S/C12H22N2O2/c1-13-7-2-8-14(10-3-4-10)11(9-13)5-6-12(15)16/h10-11H,2-9H2,1H3,(H,15,16). The second kappa shape index (κ2) is 5.15. The maximum atomic E-state index is 10.7. The van der Waals surface area contributed by atoms with Crippen LogP contribution in [0.2, 0.25) is 0 Å². The molecular formula is C12H22N2O2. The molecule has 2 rings (SSSR count). The van der Waals surface area contributed by atoms with E-state index in [2.05, 4.69) is 16.8 Å². The molecule has 16 heavy (non-hydrogen) atoms. The molecule has 0 spiro atoms. The van der Waals surface area contributed by atoms with Crippen molar-refractivity contribution >= 4 is 5.97 Å². The fourth-order valence-electron chi connectivity index (χ4n) is 2.70. The van der Waals surface area contributed by atoms with E-state index in [4.69, 9.17) is 5.11 Å². The highest BCUT2D eigenvalue weighted by Crippen LogP contribution is 2.31. The lowest BCUT2D eigenvalue weighted by atomic mass is 10.1. The Hall–Kier alpha value is -0.610. The van der Waals surface area contributed by atoms with Crippen LogP contribution in [0.25, 0.3) is 0 Å². The molecule has 1 saturated heterocycles. The molecule has 0 radical (unpaired) electrons. The van der Waals surface area contributed by atoms with Gasteiger partial charge in [-0.2, -0.15) is 0 Å². The minimum absolute atomic E-state index is 0.307. The summed E-state index contributed by atoms with van der Waals surface area (Å²) in [6, 6.07) is 1.21. The summed E-state index contributed by atoms with van der Waals surface area (Å²) in [7, 11) is 2.14. The lowest BCUT2D eigenvalue weighted by Crippen LogP contribution is -2.41. The number of rotatable bonds is 4. The van der Waals surface area contributed by atoms with Gasteiger partial charge in [0.15, 0.2) is 0 Å². The summed E-state index contributed by atoms with van der Waals surface area (Å²) in [4.78, 5) is 15.6. The molecule has 1 saturated carbocycles. The Morgan fingerprint density at radius 2 is 2.12 bits per heavy atom. The van der Waals surface area contributed by atoms with Crippen molar-refractivity contribution in [2.45, 2.75) is 44.2 Å². The van der Waals surface area contributed by atoms with Gasteiger partial charge in [-0.25, -0.2) is 0 Å². The molecule has 2 aliphatic rings. The predicted octanol–water partition coefficient (Wildman–Crippen LogP) is 1.02. The number of likely N-dealkylation sites (N-methyl/N-ethyl adjacent to an activating group) is 1. The van der Waals surface area contributed by atoms with Crippen LogP contribution in [-0.4, -0.2) is 59.6 Å². The highest BCUT2D eigenvalue weighted by molar-refractivity contribution is 5.66. The maximum Gasteiger partial charge on any atom is 0.303 e. The van der Waals surface area contributed by atoms with Crippen molar-refractivity contribution in [1.82, 2.24) is 9.80 Å². The Morgan fingerprint density at radius 3 is 2.75 bits per heavy atom. The zero-order valence-corrected chi connectivity index (χ0v) is 10.1. The fraction of sp³-hybridized carbons (Fsp3) is 0.917. The molecule has 0 aromatic rings. The molecule has 2 fully saturated rings. The molecule has 0 aromatic heterocycles. The van der Waals surface area contributed by atoms with Crippen molar-refractivity contribution in [3.05, 3.63) is 0 Å². The lowest BCUT2D eigenvalue weighted by molar-refractivity contribution is -0.137. The van der Waals surface area contributed by atoms with Gasteiger partial charge < -0.3 is 10.0 Å². The minimum Gasteiger partial charge on any atom is -0.481 e. The van der Waals surface area contributed by atoms with Crippen molar-refractivity contribution in [2.75, 3.05) is 26.7 Å². The zero-order valence-electron chi connectivity index (χ0n) is 10.1. The summed E-state index contributed by atoms with van der Waals surface area (Å²) in [5.74, 6) is -0.664. The van der Waals surface area contributed by atoms with Gasteiger partial charge in [-0.3, -0.25) is 9.69 Å². The van der Waals surface area contributed by atoms with E-state index in [0.29, 0.717) is 12.5 Å². The first-order valence-corrected chi connectivity index (χ1v) is 6.33. The fourth-order valence-corrected chi connectivity index (χ4v) is 2.70. The van der Waals surface area contributed by atoms with Crippen LogP contribution in [0.15, 0.2) is 0 Å². The number of hydrogen-bond acceptors (Lipinski definition) is 3. The van der Waals surface area contributed by atoms with Crippen molar-refractivity contribution < 1.29 is 9.90 Å². The first-order valence-electron chi connectivity index (χ1n) is 6.33. The molecule has 0 amide bonds. The van der Waals surface area contributed by atoms with E-state index < -0.39 is 5.97 Å².